The van der Waals surface area contributed by atoms with Gasteiger partial charge in [0.05, 0.1) is 33.5 Å². The Morgan fingerprint density at radius 3 is 1.72 bits per heavy atom. The molecule has 1 aliphatic heterocycles. The van der Waals surface area contributed by atoms with Gasteiger partial charge in [-0.3, -0.25) is 0 Å². The fourth-order valence-corrected chi connectivity index (χ4v) is 11.9. The van der Waals surface area contributed by atoms with Gasteiger partial charge in [0.15, 0.2) is 0 Å². The molecule has 0 fully saturated rings. The zero-order valence-corrected chi connectivity index (χ0v) is 33.9. The van der Waals surface area contributed by atoms with Gasteiger partial charge in [-0.2, -0.15) is 0 Å². The molecule has 2 nitrogen and oxygen atoms in total. The lowest BCUT2D eigenvalue weighted by Gasteiger charge is -2.40. The van der Waals surface area contributed by atoms with E-state index >= 15 is 0 Å². The number of aromatic nitrogens is 2. The summed E-state index contributed by atoms with van der Waals surface area (Å²) in [6, 6.07) is 80.2. The SMILES string of the molecule is c1ccc(-c2cc(-c3ccccc3)nc(-c3ccc(-n4c5ccccc5c5ccc6c(c54)Sc4ccccc4C64c5ccccc5-c5ccccc54)c4ccccc34)c2)cc1. The van der Waals surface area contributed by atoms with E-state index in [9.17, 15) is 0 Å². The van der Waals surface area contributed by atoms with Gasteiger partial charge in [-0.1, -0.05) is 200 Å². The van der Waals surface area contributed by atoms with Crippen LogP contribution in [0.5, 0.6) is 0 Å². The fraction of sp³-hybridized carbons (Fsp3) is 0.0172. The summed E-state index contributed by atoms with van der Waals surface area (Å²) >= 11 is 1.92. The van der Waals surface area contributed by atoms with Gasteiger partial charge in [-0.15, -0.1) is 0 Å². The van der Waals surface area contributed by atoms with Gasteiger partial charge in [-0.25, -0.2) is 4.98 Å². The van der Waals surface area contributed by atoms with Gasteiger partial charge in [0, 0.05) is 37.1 Å². The highest BCUT2D eigenvalue weighted by molar-refractivity contribution is 7.99. The summed E-state index contributed by atoms with van der Waals surface area (Å²) in [4.78, 5) is 7.99. The lowest BCUT2D eigenvalue weighted by molar-refractivity contribution is 0.724. The third-order valence-electron chi connectivity index (χ3n) is 13.1. The smallest absolute Gasteiger partial charge is 0.0736 e. The van der Waals surface area contributed by atoms with Crippen LogP contribution >= 0.6 is 11.8 Å². The standard InChI is InChI=1S/C58H36N2S/c1-3-17-37(18-4-1)39-35-51(38-19-5-2-6-20-38)59-52(36-39)43-32-34-54(44-24-8-7-21-40(43)44)60-53-29-15-11-25-45(53)46-31-33-50-57(56(46)60)61-55-30-16-14-28-49(55)58(50)47-26-12-9-22-41(47)42-23-10-13-27-48(42)58/h1-36H. The fourth-order valence-electron chi connectivity index (χ4n) is 10.5. The van der Waals surface area contributed by atoms with E-state index in [2.05, 4.69) is 223 Å². The summed E-state index contributed by atoms with van der Waals surface area (Å²) in [5.74, 6) is 0. The highest BCUT2D eigenvalue weighted by Gasteiger charge is 2.50. The normalized spacial score (nSPS) is 13.3. The highest BCUT2D eigenvalue weighted by Crippen LogP contribution is 2.63. The number of fused-ring (bicyclic) bond motifs is 14. The molecule has 0 amide bonds. The molecule has 0 unspecified atom stereocenters. The van der Waals surface area contributed by atoms with Crippen molar-refractivity contribution in [2.75, 3.05) is 0 Å². The van der Waals surface area contributed by atoms with E-state index in [4.69, 9.17) is 4.98 Å². The maximum absolute atomic E-state index is 5.39. The first kappa shape index (κ1) is 34.4. The van der Waals surface area contributed by atoms with Gasteiger partial charge in [-0.05, 0) is 80.2 Å². The second kappa shape index (κ2) is 13.3. The summed E-state index contributed by atoms with van der Waals surface area (Å²) in [5.41, 5.74) is 17.6. The van der Waals surface area contributed by atoms with Crippen LogP contribution in [0.1, 0.15) is 22.3 Å². The second-order valence-electron chi connectivity index (χ2n) is 16.2. The second-order valence-corrected chi connectivity index (χ2v) is 17.2. The van der Waals surface area contributed by atoms with Crippen molar-refractivity contribution in [3.05, 3.63) is 241 Å². The third-order valence-corrected chi connectivity index (χ3v) is 14.3. The van der Waals surface area contributed by atoms with E-state index in [0.29, 0.717) is 0 Å². The first-order chi connectivity index (χ1) is 30.3. The average molecular weight is 793 g/mol. The van der Waals surface area contributed by atoms with Gasteiger partial charge in [0.2, 0.25) is 0 Å². The monoisotopic (exact) mass is 792 g/mol. The number of para-hydroxylation sites is 1. The van der Waals surface area contributed by atoms with Crippen LogP contribution in [0.15, 0.2) is 228 Å². The Morgan fingerprint density at radius 1 is 0.377 bits per heavy atom. The molecule has 11 aromatic rings. The minimum atomic E-state index is -0.461. The highest BCUT2D eigenvalue weighted by atomic mass is 32.2. The zero-order valence-electron chi connectivity index (χ0n) is 33.1. The largest absolute Gasteiger partial charge is 0.307 e. The summed E-state index contributed by atoms with van der Waals surface area (Å²) in [7, 11) is 0. The molecule has 2 aliphatic rings. The van der Waals surface area contributed by atoms with E-state index in [1.807, 2.05) is 11.8 Å². The van der Waals surface area contributed by atoms with E-state index in [0.717, 1.165) is 33.8 Å². The number of hydrogen-bond donors (Lipinski definition) is 0. The molecule has 0 bridgehead atoms. The van der Waals surface area contributed by atoms with Crippen molar-refractivity contribution in [3.63, 3.8) is 0 Å². The maximum Gasteiger partial charge on any atom is 0.0736 e. The zero-order chi connectivity index (χ0) is 40.1. The molecule has 0 N–H and O–H groups in total. The average Bonchev–Trinajstić information content (AvgIpc) is 3.83. The van der Waals surface area contributed by atoms with Gasteiger partial charge in [0.1, 0.15) is 0 Å². The minimum Gasteiger partial charge on any atom is -0.307 e. The first-order valence-electron chi connectivity index (χ1n) is 21.0. The molecule has 0 atom stereocenters. The van der Waals surface area contributed by atoms with Gasteiger partial charge in [0.25, 0.3) is 0 Å². The van der Waals surface area contributed by atoms with Crippen molar-refractivity contribution in [3.8, 4) is 50.5 Å². The van der Waals surface area contributed by atoms with Crippen molar-refractivity contribution in [2.45, 2.75) is 15.2 Å². The van der Waals surface area contributed by atoms with Crippen LogP contribution in [0.3, 0.4) is 0 Å². The Labute approximate surface area is 358 Å². The molecule has 13 rings (SSSR count). The van der Waals surface area contributed by atoms with Gasteiger partial charge < -0.3 is 4.57 Å². The van der Waals surface area contributed by atoms with Crippen molar-refractivity contribution in [2.24, 2.45) is 0 Å². The molecule has 0 radical (unpaired) electrons. The molecule has 9 aromatic carbocycles. The van der Waals surface area contributed by atoms with E-state index < -0.39 is 5.41 Å². The number of rotatable bonds is 4. The number of hydrogen-bond acceptors (Lipinski definition) is 2. The van der Waals surface area contributed by atoms with Crippen LogP contribution in [0.4, 0.5) is 0 Å². The van der Waals surface area contributed by atoms with E-state index in [1.54, 1.807) is 0 Å². The summed E-state index contributed by atoms with van der Waals surface area (Å²) in [5, 5.41) is 4.86. The Kier molecular flexibility index (Phi) is 7.49. The lowest BCUT2D eigenvalue weighted by Crippen LogP contribution is -2.32. The van der Waals surface area contributed by atoms with Gasteiger partial charge >= 0.3 is 0 Å². The maximum atomic E-state index is 5.39. The Balaban J connectivity index is 1.10. The quantitative estimate of drug-likeness (QED) is 0.177. The molecule has 2 aromatic heterocycles. The van der Waals surface area contributed by atoms with Crippen molar-refractivity contribution in [1.29, 1.82) is 0 Å². The summed E-state index contributed by atoms with van der Waals surface area (Å²) in [6.07, 6.45) is 0. The minimum absolute atomic E-state index is 0.461. The Hall–Kier alpha value is -7.46. The third kappa shape index (κ3) is 4.90. The number of pyridine rings is 1. The lowest BCUT2D eigenvalue weighted by atomic mass is 9.67. The van der Waals surface area contributed by atoms with Crippen LogP contribution < -0.4 is 0 Å². The molecule has 0 saturated carbocycles. The molecule has 61 heavy (non-hydrogen) atoms. The Morgan fingerprint density at radius 2 is 0.967 bits per heavy atom. The molecule has 284 valence electrons. The molecule has 0 saturated heterocycles. The molecule has 3 heteroatoms. The van der Waals surface area contributed by atoms with Crippen LogP contribution in [0.2, 0.25) is 0 Å². The Bertz CT molecular complexity index is 3460. The molecule has 1 spiro atoms. The van der Waals surface area contributed by atoms with E-state index in [-0.39, 0.29) is 0 Å². The summed E-state index contributed by atoms with van der Waals surface area (Å²) in [6.45, 7) is 0. The van der Waals surface area contributed by atoms with Crippen LogP contribution in [0, 0.1) is 0 Å². The molecular weight excluding hydrogens is 757 g/mol. The predicted octanol–water partition coefficient (Wildman–Crippen LogP) is 15.2. The molecule has 3 heterocycles. The molecule has 1 aliphatic carbocycles. The topological polar surface area (TPSA) is 17.8 Å². The van der Waals surface area contributed by atoms with Crippen LogP contribution in [-0.2, 0) is 5.41 Å². The van der Waals surface area contributed by atoms with Crippen molar-refractivity contribution >= 4 is 44.3 Å². The predicted molar refractivity (Wildman–Crippen MR) is 254 cm³/mol. The van der Waals surface area contributed by atoms with Crippen molar-refractivity contribution in [1.82, 2.24) is 9.55 Å². The number of benzene rings is 9. The summed E-state index contributed by atoms with van der Waals surface area (Å²) < 4.78 is 2.56. The molecular formula is C58H36N2S. The first-order valence-corrected chi connectivity index (χ1v) is 21.8. The van der Waals surface area contributed by atoms with E-state index in [1.165, 1.54) is 81.3 Å². The number of nitrogens with zero attached hydrogens (tertiary/aromatic N) is 2. The van der Waals surface area contributed by atoms with Crippen LogP contribution in [-0.4, -0.2) is 9.55 Å². The van der Waals surface area contributed by atoms with Crippen LogP contribution in [0.25, 0.3) is 83.0 Å². The van der Waals surface area contributed by atoms with Crippen molar-refractivity contribution < 1.29 is 0 Å².